The molecule has 0 bridgehead atoms. The number of carboxylic acids is 1. The molecule has 2 atom stereocenters. The predicted molar refractivity (Wildman–Crippen MR) is 298 cm³/mol. The molecule has 3 N–H and O–H groups in total. The van der Waals surface area contributed by atoms with E-state index in [9.17, 15) is 26.7 Å². The Labute approximate surface area is 437 Å². The summed E-state index contributed by atoms with van der Waals surface area (Å²) in [5.41, 5.74) is 5.22. The summed E-state index contributed by atoms with van der Waals surface area (Å²) in [6.07, 6.45) is 11.2. The number of aromatic carboxylic acids is 1. The van der Waals surface area contributed by atoms with E-state index in [2.05, 4.69) is 61.5 Å². The van der Waals surface area contributed by atoms with Crippen molar-refractivity contribution < 1.29 is 35.9 Å². The first-order valence-electron chi connectivity index (χ1n) is 24.9. The van der Waals surface area contributed by atoms with Crippen LogP contribution in [0.2, 0.25) is 5.02 Å². The number of allylic oxidation sites excluding steroid dienone is 3. The summed E-state index contributed by atoms with van der Waals surface area (Å²) in [4.78, 5) is 19.2. The summed E-state index contributed by atoms with van der Waals surface area (Å²) in [6, 6.07) is 23.1. The Hall–Kier alpha value is -5.43. The Kier molecular flexibility index (Phi) is 17.3. The highest BCUT2D eigenvalue weighted by atomic mass is 35.5. The second-order valence-electron chi connectivity index (χ2n) is 19.2. The van der Waals surface area contributed by atoms with Crippen LogP contribution in [-0.2, 0) is 31.1 Å². The maximum atomic E-state index is 15.6. The van der Waals surface area contributed by atoms with Crippen LogP contribution in [0, 0.1) is 12.7 Å². The highest BCUT2D eigenvalue weighted by Gasteiger charge is 2.29. The minimum atomic E-state index is -4.20. The molecule has 2 saturated heterocycles. The molecule has 2 fully saturated rings. The van der Waals surface area contributed by atoms with Gasteiger partial charge in [-0.15, -0.1) is 0 Å². The fraction of sp³-hybridized carbons (Fsp3) is 0.382. The van der Waals surface area contributed by atoms with Gasteiger partial charge >= 0.3 is 5.97 Å². The third kappa shape index (κ3) is 13.3. The lowest BCUT2D eigenvalue weighted by molar-refractivity contribution is -0.0269. The van der Waals surface area contributed by atoms with Gasteiger partial charge in [-0.2, -0.15) is 10.5 Å². The summed E-state index contributed by atoms with van der Waals surface area (Å²) in [5, 5.41) is 18.9. The molecule has 73 heavy (non-hydrogen) atoms. The van der Waals surface area contributed by atoms with Crippen LogP contribution in [0.5, 0.6) is 0 Å². The van der Waals surface area contributed by atoms with E-state index in [0.717, 1.165) is 68.6 Å². The van der Waals surface area contributed by atoms with Gasteiger partial charge in [0.25, 0.3) is 10.0 Å². The highest BCUT2D eigenvalue weighted by molar-refractivity contribution is 8.17. The van der Waals surface area contributed by atoms with Gasteiger partial charge in [0.2, 0.25) is 0 Å². The van der Waals surface area contributed by atoms with Crippen molar-refractivity contribution in [2.45, 2.75) is 88.0 Å². The lowest BCUT2D eigenvalue weighted by Crippen LogP contribution is -2.46. The number of benzene rings is 4. The average molecular weight is 1070 g/mol. The number of halogens is 2. The number of nitrogens with zero attached hydrogens (tertiary/aromatic N) is 4. The van der Waals surface area contributed by atoms with E-state index in [0.29, 0.717) is 77.3 Å². The summed E-state index contributed by atoms with van der Waals surface area (Å²) < 4.78 is 80.8. The van der Waals surface area contributed by atoms with Crippen molar-refractivity contribution in [3.05, 3.63) is 131 Å². The molecule has 8 rings (SSSR count). The van der Waals surface area contributed by atoms with E-state index >= 15 is 4.39 Å². The summed E-state index contributed by atoms with van der Waals surface area (Å²) >= 11 is 6.22. The number of aromatic nitrogens is 1. The second kappa shape index (κ2) is 23.4. The molecule has 1 aromatic heterocycles. The lowest BCUT2D eigenvalue weighted by atomic mass is 9.96. The molecule has 4 aromatic carbocycles. The zero-order valence-electron chi connectivity index (χ0n) is 42.1. The molecule has 1 unspecified atom stereocenters. The lowest BCUT2D eigenvalue weighted by Gasteiger charge is -2.37. The number of likely N-dealkylation sites (tertiary alicyclic amines) is 1. The van der Waals surface area contributed by atoms with Crippen molar-refractivity contribution in [3.8, 4) is 22.4 Å². The number of carbonyl (C=O) groups is 1. The monoisotopic (exact) mass is 1070 g/mol. The van der Waals surface area contributed by atoms with E-state index in [1.165, 1.54) is 24.3 Å². The molecular weight excluding hydrogens is 1010 g/mol. The van der Waals surface area contributed by atoms with Gasteiger partial charge in [0, 0.05) is 98.0 Å². The van der Waals surface area contributed by atoms with Crippen LogP contribution in [0.3, 0.4) is 0 Å². The molecule has 13 nitrogen and oxygen atoms in total. The van der Waals surface area contributed by atoms with E-state index in [4.69, 9.17) is 16.3 Å². The van der Waals surface area contributed by atoms with Gasteiger partial charge < -0.3 is 34.4 Å². The van der Waals surface area contributed by atoms with E-state index in [1.54, 1.807) is 37.3 Å². The normalized spacial score (nSPS) is 17.2. The SMILES string of the molecule is CCn1c(C)c(C(=O)O)c(-c2cc(F)cc(N3CCN(c4ccc(NS(=O)(=O)c5ccc(N[C@H](CCN6CCC(OC(C)C)CC6)CCS6=CC=CC=C6)c(S(C)(=O)=O)c5)cc4)CC3)c2)c1-c1ccc(Cl)cc1. The van der Waals surface area contributed by atoms with Gasteiger partial charge in [-0.25, -0.2) is 26.0 Å². The standard InChI is InChI=1S/C55H66ClFN6O7S3/c1-6-63-39(4)52(55(64)65)53(54(63)40-10-12-42(56)13-11-40)41-34-43(57)36-47(35-41)62-29-27-61(28-30-62)46-16-14-45(15-17-46)59-73(68,69)49-18-19-50(51(37-49)72(5,66)67)58-44(23-33-71-31-8-7-9-32-71)20-24-60-25-21-48(22-26-60)70-38(2)3/h7-19,31-32,34-38,44,48,58-59H,6,20-30,33H2,1-5H3,(H,64,65)/t44-/m1/s1. The fourth-order valence-corrected chi connectivity index (χ4v) is 13.7. The van der Waals surface area contributed by atoms with Crippen molar-refractivity contribution in [3.63, 3.8) is 0 Å². The average Bonchev–Trinajstić information content (AvgIpc) is 3.67. The predicted octanol–water partition coefficient (Wildman–Crippen LogP) is 10.8. The van der Waals surface area contributed by atoms with Crippen molar-refractivity contribution in [1.29, 1.82) is 0 Å². The first-order valence-corrected chi connectivity index (χ1v) is 30.2. The van der Waals surface area contributed by atoms with E-state index in [-0.39, 0.29) is 44.1 Å². The van der Waals surface area contributed by atoms with Gasteiger partial charge in [0.1, 0.15) is 5.82 Å². The third-order valence-electron chi connectivity index (χ3n) is 13.7. The van der Waals surface area contributed by atoms with Crippen LogP contribution >= 0.6 is 22.1 Å². The zero-order valence-corrected chi connectivity index (χ0v) is 45.3. The number of hydrogen-bond acceptors (Lipinski definition) is 10. The highest BCUT2D eigenvalue weighted by Crippen LogP contribution is 2.42. The van der Waals surface area contributed by atoms with Gasteiger partial charge in [0.05, 0.1) is 38.9 Å². The van der Waals surface area contributed by atoms with Crippen molar-refractivity contribution >= 4 is 76.0 Å². The third-order valence-corrected chi connectivity index (χ3v) is 18.2. The number of anilines is 4. The molecule has 5 aromatic rings. The first-order chi connectivity index (χ1) is 34.9. The number of ether oxygens (including phenoxy) is 1. The molecule has 0 aliphatic carbocycles. The summed E-state index contributed by atoms with van der Waals surface area (Å²) in [6.45, 7) is 13.3. The minimum Gasteiger partial charge on any atom is -0.478 e. The van der Waals surface area contributed by atoms with Gasteiger partial charge in [-0.05, 0) is 154 Å². The number of piperidine rings is 1. The molecule has 390 valence electrons. The van der Waals surface area contributed by atoms with Gasteiger partial charge in [0.15, 0.2) is 9.84 Å². The number of nitrogens with one attached hydrogen (secondary N) is 2. The van der Waals surface area contributed by atoms with Gasteiger partial charge in [-0.1, -0.05) is 42.0 Å². The van der Waals surface area contributed by atoms with Crippen LogP contribution in [0.1, 0.15) is 62.5 Å². The maximum absolute atomic E-state index is 15.6. The number of sulfonamides is 1. The van der Waals surface area contributed by atoms with Crippen LogP contribution in [0.15, 0.2) is 118 Å². The number of carboxylic acid groups (broad SMARTS) is 1. The molecule has 4 heterocycles. The largest absolute Gasteiger partial charge is 0.478 e. The Balaban J connectivity index is 0.934. The van der Waals surface area contributed by atoms with Crippen LogP contribution in [0.4, 0.5) is 27.1 Å². The van der Waals surface area contributed by atoms with Crippen LogP contribution < -0.4 is 19.8 Å². The molecule has 0 amide bonds. The molecular formula is C55H66ClFN6O7S3. The van der Waals surface area contributed by atoms with Crippen LogP contribution in [0.25, 0.3) is 22.4 Å². The summed E-state index contributed by atoms with van der Waals surface area (Å²) in [5.74, 6) is -0.677. The Bertz CT molecular complexity index is 3110. The number of piperazine rings is 1. The molecule has 3 aliphatic heterocycles. The topological polar surface area (TPSA) is 154 Å². The second-order valence-corrected chi connectivity index (χ2v) is 25.2. The molecule has 0 saturated carbocycles. The van der Waals surface area contributed by atoms with Gasteiger partial charge in [-0.3, -0.25) is 4.72 Å². The minimum absolute atomic E-state index is 0.0284. The van der Waals surface area contributed by atoms with Crippen molar-refractivity contribution in [2.75, 3.05) is 77.7 Å². The quantitative estimate of drug-likeness (QED) is 0.0639. The number of sulfone groups is 1. The van der Waals surface area contributed by atoms with E-state index in [1.807, 2.05) is 47.9 Å². The van der Waals surface area contributed by atoms with Crippen molar-refractivity contribution in [2.24, 2.45) is 0 Å². The first kappa shape index (κ1) is 53.8. The Morgan fingerprint density at radius 1 is 0.849 bits per heavy atom. The smallest absolute Gasteiger partial charge is 0.338 e. The van der Waals surface area contributed by atoms with Crippen LogP contribution in [-0.4, -0.2) is 119 Å². The molecule has 3 aliphatic rings. The molecule has 0 radical (unpaired) electrons. The Morgan fingerprint density at radius 3 is 2.15 bits per heavy atom. The number of hydrogen-bond donors (Lipinski definition) is 3. The number of rotatable bonds is 20. The maximum Gasteiger partial charge on any atom is 0.338 e. The summed E-state index contributed by atoms with van der Waals surface area (Å²) in [7, 11) is -8.09. The van der Waals surface area contributed by atoms with E-state index < -0.39 is 31.6 Å². The molecule has 18 heteroatoms. The Morgan fingerprint density at radius 2 is 1.53 bits per heavy atom. The fourth-order valence-electron chi connectivity index (χ4n) is 10.1. The van der Waals surface area contributed by atoms with Crippen molar-refractivity contribution in [1.82, 2.24) is 9.47 Å². The zero-order chi connectivity index (χ0) is 52.0. The molecule has 0 spiro atoms.